The van der Waals surface area contributed by atoms with Gasteiger partial charge in [-0.05, 0) is 4.99 Å². The fourth-order valence-electron chi connectivity index (χ4n) is 0.365. The lowest BCUT2D eigenvalue weighted by molar-refractivity contribution is -0.370. The van der Waals surface area contributed by atoms with Crippen LogP contribution in [0, 0.1) is 16.7 Å². The number of hydrogen-bond donors (Lipinski definition) is 0. The van der Waals surface area contributed by atoms with Gasteiger partial charge in [-0.15, -0.1) is 0 Å². The Morgan fingerprint density at radius 1 is 2.00 bits per heavy atom. The maximum Gasteiger partial charge on any atom is 0.535 e. The van der Waals surface area contributed by atoms with Crippen molar-refractivity contribution >= 4 is 6.02 Å². The fourth-order valence-corrected chi connectivity index (χ4v) is 0.365. The van der Waals surface area contributed by atoms with Gasteiger partial charge in [-0.2, -0.15) is 0 Å². The van der Waals surface area contributed by atoms with Crippen LogP contribution in [0.2, 0.25) is 0 Å². The van der Waals surface area contributed by atoms with Gasteiger partial charge in [0.05, 0.1) is 0 Å². The molecule has 43 valence electrons. The van der Waals surface area contributed by atoms with Crippen LogP contribution in [-0.4, -0.2) is 17.5 Å². The zero-order valence-corrected chi connectivity index (χ0v) is 3.90. The van der Waals surface area contributed by atoms with Crippen LogP contribution in [0.1, 0.15) is 0 Å². The summed E-state index contributed by atoms with van der Waals surface area (Å²) in [4.78, 5) is 12.4. The molecule has 1 aliphatic heterocycles. The number of hydrogen-bond acceptors (Lipinski definition) is 4. The largest absolute Gasteiger partial charge is 0.535 e. The van der Waals surface area contributed by atoms with Crippen molar-refractivity contribution in [3.05, 3.63) is 16.7 Å². The highest BCUT2D eigenvalue weighted by molar-refractivity contribution is 5.66. The minimum absolute atomic E-state index is 0.288. The Balaban J connectivity index is 2.57. The SMILES string of the molecule is O=[N+]([O-])C1=NC[CH]O1. The van der Waals surface area contributed by atoms with Gasteiger partial charge in [0, 0.05) is 4.92 Å². The zero-order valence-electron chi connectivity index (χ0n) is 3.90. The van der Waals surface area contributed by atoms with Crippen molar-refractivity contribution in [3.8, 4) is 0 Å². The van der Waals surface area contributed by atoms with Crippen molar-refractivity contribution < 1.29 is 9.66 Å². The van der Waals surface area contributed by atoms with Crippen molar-refractivity contribution in [1.29, 1.82) is 0 Å². The number of amidine groups is 1. The molecule has 5 nitrogen and oxygen atoms in total. The molecule has 0 saturated carbocycles. The van der Waals surface area contributed by atoms with Gasteiger partial charge in [0.2, 0.25) is 0 Å². The van der Waals surface area contributed by atoms with E-state index in [0.717, 1.165) is 0 Å². The molecule has 0 aliphatic carbocycles. The number of aliphatic imine (C=N–C) groups is 1. The minimum Gasteiger partial charge on any atom is -0.414 e. The van der Waals surface area contributed by atoms with Crippen LogP contribution in [-0.2, 0) is 4.74 Å². The van der Waals surface area contributed by atoms with Crippen LogP contribution in [0.15, 0.2) is 4.99 Å². The van der Waals surface area contributed by atoms with Crippen LogP contribution in [0.4, 0.5) is 0 Å². The molecule has 0 amide bonds. The first kappa shape index (κ1) is 5.02. The lowest BCUT2D eigenvalue weighted by Gasteiger charge is -1.88. The molecular formula is C3H3N2O3. The summed E-state index contributed by atoms with van der Waals surface area (Å²) in [6.07, 6.45) is 0. The monoisotopic (exact) mass is 115 g/mol. The van der Waals surface area contributed by atoms with E-state index in [1.807, 2.05) is 0 Å². The summed E-state index contributed by atoms with van der Waals surface area (Å²) in [7, 11) is 0. The second-order valence-corrected chi connectivity index (χ2v) is 1.16. The van der Waals surface area contributed by atoms with Gasteiger partial charge in [0.15, 0.2) is 13.2 Å². The fraction of sp³-hybridized carbons (Fsp3) is 0.333. The lowest BCUT2D eigenvalue weighted by Crippen LogP contribution is -2.09. The van der Waals surface area contributed by atoms with Gasteiger partial charge in [-0.25, -0.2) is 0 Å². The molecule has 0 bridgehead atoms. The molecule has 0 aromatic rings. The molecule has 0 unspecified atom stereocenters. The van der Waals surface area contributed by atoms with Crippen molar-refractivity contribution in [2.24, 2.45) is 4.99 Å². The number of nitrogens with zero attached hydrogens (tertiary/aromatic N) is 2. The second kappa shape index (κ2) is 1.77. The maximum atomic E-state index is 9.73. The van der Waals surface area contributed by atoms with Crippen molar-refractivity contribution in [2.75, 3.05) is 6.54 Å². The first-order valence-electron chi connectivity index (χ1n) is 1.98. The van der Waals surface area contributed by atoms with E-state index in [1.54, 1.807) is 0 Å². The molecule has 0 fully saturated rings. The molecule has 0 aromatic carbocycles. The molecule has 0 atom stereocenters. The standard InChI is InChI=1S/C3H3N2O3/c6-5(7)3-4-1-2-8-3/h2H,1H2. The predicted molar refractivity (Wildman–Crippen MR) is 24.7 cm³/mol. The molecule has 1 aliphatic rings. The van der Waals surface area contributed by atoms with Crippen LogP contribution < -0.4 is 0 Å². The summed E-state index contributed by atoms with van der Waals surface area (Å²) >= 11 is 0. The predicted octanol–water partition coefficient (Wildman–Crippen LogP) is -0.189. The quantitative estimate of drug-likeness (QED) is 0.324. The third-order valence-electron chi connectivity index (χ3n) is 0.646. The van der Waals surface area contributed by atoms with E-state index in [-0.39, 0.29) is 6.54 Å². The third-order valence-corrected chi connectivity index (χ3v) is 0.646. The summed E-state index contributed by atoms with van der Waals surface area (Å²) in [6, 6.07) is -0.412. The summed E-state index contributed by atoms with van der Waals surface area (Å²) in [6.45, 7) is 1.56. The molecular weight excluding hydrogens is 112 g/mol. The first-order chi connectivity index (χ1) is 3.80. The highest BCUT2D eigenvalue weighted by atomic mass is 16.7. The first-order valence-corrected chi connectivity index (χ1v) is 1.98. The van der Waals surface area contributed by atoms with Gasteiger partial charge in [-0.1, -0.05) is 0 Å². The van der Waals surface area contributed by atoms with Crippen molar-refractivity contribution in [2.45, 2.75) is 0 Å². The Morgan fingerprint density at radius 3 is 3.00 bits per heavy atom. The number of ether oxygens (including phenoxy) is 1. The second-order valence-electron chi connectivity index (χ2n) is 1.16. The van der Waals surface area contributed by atoms with Gasteiger partial charge >= 0.3 is 6.02 Å². The van der Waals surface area contributed by atoms with Crippen molar-refractivity contribution in [1.82, 2.24) is 0 Å². The molecule has 0 saturated heterocycles. The summed E-state index contributed by atoms with van der Waals surface area (Å²) in [5.41, 5.74) is 0. The zero-order chi connectivity index (χ0) is 5.98. The lowest BCUT2D eigenvalue weighted by atomic mass is 10.8. The molecule has 5 heteroatoms. The van der Waals surface area contributed by atoms with Gasteiger partial charge in [0.1, 0.15) is 0 Å². The van der Waals surface area contributed by atoms with E-state index in [4.69, 9.17) is 0 Å². The Bertz CT molecular complexity index is 141. The highest BCUT2D eigenvalue weighted by Crippen LogP contribution is 1.97. The van der Waals surface area contributed by atoms with Crippen LogP contribution in [0.3, 0.4) is 0 Å². The highest BCUT2D eigenvalue weighted by Gasteiger charge is 2.19. The van der Waals surface area contributed by atoms with E-state index < -0.39 is 10.9 Å². The van der Waals surface area contributed by atoms with E-state index in [2.05, 4.69) is 9.73 Å². The van der Waals surface area contributed by atoms with Crippen LogP contribution in [0.25, 0.3) is 0 Å². The summed E-state index contributed by atoms with van der Waals surface area (Å²) in [5, 5.41) is 9.73. The normalized spacial score (nSPS) is 17.2. The summed E-state index contributed by atoms with van der Waals surface area (Å²) in [5.74, 6) is 0. The van der Waals surface area contributed by atoms with E-state index >= 15 is 0 Å². The van der Waals surface area contributed by atoms with E-state index in [1.165, 1.54) is 6.61 Å². The van der Waals surface area contributed by atoms with Gasteiger partial charge in [-0.3, -0.25) is 0 Å². The Kier molecular flexibility index (Phi) is 1.11. The molecule has 8 heavy (non-hydrogen) atoms. The molecule has 0 aromatic heterocycles. The molecule has 1 radical (unpaired) electrons. The molecule has 0 spiro atoms. The molecule has 0 N–H and O–H groups in total. The van der Waals surface area contributed by atoms with Gasteiger partial charge in [0.25, 0.3) is 0 Å². The van der Waals surface area contributed by atoms with Gasteiger partial charge < -0.3 is 14.9 Å². The summed E-state index contributed by atoms with van der Waals surface area (Å²) < 4.78 is 4.34. The maximum absolute atomic E-state index is 9.73. The molecule has 1 rings (SSSR count). The number of nitro groups is 1. The van der Waals surface area contributed by atoms with E-state index in [0.29, 0.717) is 0 Å². The average molecular weight is 115 g/mol. The Labute approximate surface area is 45.1 Å². The van der Waals surface area contributed by atoms with Crippen LogP contribution in [0.5, 0.6) is 0 Å². The molecule has 1 heterocycles. The smallest absolute Gasteiger partial charge is 0.414 e. The topological polar surface area (TPSA) is 64.7 Å². The average Bonchev–Trinajstić information content (AvgIpc) is 2.12. The Hall–Kier alpha value is -1.13. The third kappa shape index (κ3) is 0.749. The minimum atomic E-state index is -0.663. The number of rotatable bonds is 0. The van der Waals surface area contributed by atoms with Crippen molar-refractivity contribution in [3.63, 3.8) is 0 Å². The van der Waals surface area contributed by atoms with Crippen LogP contribution >= 0.6 is 0 Å². The van der Waals surface area contributed by atoms with E-state index in [9.17, 15) is 10.1 Å². The Morgan fingerprint density at radius 2 is 2.75 bits per heavy atom.